The molecule has 0 heterocycles. The van der Waals surface area contributed by atoms with Crippen molar-refractivity contribution in [2.75, 3.05) is 0 Å². The van der Waals surface area contributed by atoms with Crippen molar-refractivity contribution in [3.8, 4) is 0 Å². The molecule has 1 unspecified atom stereocenters. The van der Waals surface area contributed by atoms with Crippen LogP contribution in [0.5, 0.6) is 0 Å². The van der Waals surface area contributed by atoms with Crippen LogP contribution in [0.3, 0.4) is 0 Å². The molecule has 0 aliphatic carbocycles. The Balaban J connectivity index is -0.000000120. The molecular formula is C23H52O3Pt2Si6. The molecule has 0 saturated heterocycles. The van der Waals surface area contributed by atoms with Gasteiger partial charge in [-0.2, -0.15) is 0 Å². The van der Waals surface area contributed by atoms with Gasteiger partial charge >= 0.3 is 0 Å². The molecule has 0 amide bonds. The van der Waals surface area contributed by atoms with Crippen molar-refractivity contribution in [3.63, 3.8) is 0 Å². The summed E-state index contributed by atoms with van der Waals surface area (Å²) >= 11 is 0. The molecule has 0 aliphatic heterocycles. The topological polar surface area (TPSA) is 27.7 Å². The monoisotopic (exact) mass is 934 g/mol. The molecule has 1 atom stereocenters. The van der Waals surface area contributed by atoms with Gasteiger partial charge in [-0.25, -0.2) is 0 Å². The summed E-state index contributed by atoms with van der Waals surface area (Å²) in [5, 5.41) is 0. The van der Waals surface area contributed by atoms with Crippen molar-refractivity contribution in [1.29, 1.82) is 0 Å². The molecule has 11 heteroatoms. The van der Waals surface area contributed by atoms with Gasteiger partial charge in [0.15, 0.2) is 50.6 Å². The molecule has 0 bridgehead atoms. The Bertz CT molecular complexity index is 562. The average Bonchev–Trinajstić information content (AvgIpc) is 2.67. The average molecular weight is 935 g/mol. The van der Waals surface area contributed by atoms with Gasteiger partial charge in [-0.1, -0.05) is 34.2 Å². The molecule has 34 heavy (non-hydrogen) atoms. The molecule has 0 aromatic heterocycles. The fourth-order valence-electron chi connectivity index (χ4n) is 2.10. The van der Waals surface area contributed by atoms with Crippen molar-refractivity contribution in [2.45, 2.75) is 72.0 Å². The zero-order valence-corrected chi connectivity index (χ0v) is 34.3. The van der Waals surface area contributed by atoms with E-state index in [1.54, 1.807) is 0 Å². The zero-order valence-electron chi connectivity index (χ0n) is 23.6. The van der Waals surface area contributed by atoms with Crippen LogP contribution in [-0.4, -0.2) is 50.6 Å². The van der Waals surface area contributed by atoms with Gasteiger partial charge in [-0.05, 0) is 72.0 Å². The molecule has 206 valence electrons. The van der Waals surface area contributed by atoms with Gasteiger partial charge in [-0.3, -0.25) is 0 Å². The van der Waals surface area contributed by atoms with Gasteiger partial charge < -0.3 is 12.3 Å². The van der Waals surface area contributed by atoms with E-state index in [2.05, 4.69) is 111 Å². The SMILES string of the molecule is C=C[SiH](C)O[Si](C)(C)C=C.C=C[Si](C)(C)O[Si](C)(C)C=C.C=C[Si](C)(C)O[Si](C)(C)C=C.[Pt].[Pt]. The first kappa shape index (κ1) is 45.0. The van der Waals surface area contributed by atoms with Crippen LogP contribution in [0, 0.1) is 0 Å². The normalized spacial score (nSPS) is 12.4. The maximum absolute atomic E-state index is 5.97. The van der Waals surface area contributed by atoms with E-state index in [0.29, 0.717) is 0 Å². The van der Waals surface area contributed by atoms with E-state index in [1.807, 2.05) is 34.2 Å². The number of hydrogen-bond donors (Lipinski definition) is 0. The third-order valence-electron chi connectivity index (χ3n) is 4.33. The van der Waals surface area contributed by atoms with Crippen molar-refractivity contribution in [3.05, 3.63) is 73.7 Å². The Morgan fingerprint density at radius 1 is 0.471 bits per heavy atom. The summed E-state index contributed by atoms with van der Waals surface area (Å²) < 4.78 is 17.7. The molecule has 0 aromatic rings. The third-order valence-corrected chi connectivity index (χ3v) is 22.2. The molecule has 0 rings (SSSR count). The Kier molecular flexibility index (Phi) is 26.5. The van der Waals surface area contributed by atoms with E-state index in [1.165, 1.54) is 0 Å². The summed E-state index contributed by atoms with van der Waals surface area (Å²) in [6.07, 6.45) is 0. The molecule has 0 aliphatic rings. The molecule has 3 nitrogen and oxygen atoms in total. The summed E-state index contributed by atoms with van der Waals surface area (Å²) in [5.41, 5.74) is 11.8. The number of hydrogen-bond acceptors (Lipinski definition) is 3. The van der Waals surface area contributed by atoms with Crippen molar-refractivity contribution < 1.29 is 54.5 Å². The molecule has 0 fully saturated rings. The molecule has 0 radical (unpaired) electrons. The standard InChI is InChI=1S/2C8H18OSi2.C7H16OSi2.2Pt/c2*1-7-10(3,4)9-11(5,6)8-2;1-6-9(3)8-10(4,5)7-2;;/h2*7-8H,1-2H2,3-6H3;6-7,9H,1-2H2,3-5H3;;. The second-order valence-corrected chi connectivity index (χ2v) is 32.8. The van der Waals surface area contributed by atoms with Crippen LogP contribution in [0.25, 0.3) is 0 Å². The summed E-state index contributed by atoms with van der Waals surface area (Å²) in [7, 11) is -8.89. The Morgan fingerprint density at radius 2 is 0.676 bits per heavy atom. The summed E-state index contributed by atoms with van der Waals surface area (Å²) in [6.45, 7) is 46.2. The van der Waals surface area contributed by atoms with Crippen LogP contribution >= 0.6 is 0 Å². The predicted octanol–water partition coefficient (Wildman–Crippen LogP) is 7.73. The van der Waals surface area contributed by atoms with Gasteiger partial charge in [0, 0.05) is 42.1 Å². The van der Waals surface area contributed by atoms with Gasteiger partial charge in [0.2, 0.25) is 0 Å². The first-order chi connectivity index (χ1) is 14.2. The van der Waals surface area contributed by atoms with Crippen LogP contribution < -0.4 is 0 Å². The van der Waals surface area contributed by atoms with Gasteiger partial charge in [0.25, 0.3) is 0 Å². The minimum Gasteiger partial charge on any atom is -0.452 e. The van der Waals surface area contributed by atoms with E-state index in [9.17, 15) is 0 Å². The van der Waals surface area contributed by atoms with Crippen LogP contribution in [0.2, 0.25) is 72.0 Å². The second kappa shape index (κ2) is 20.0. The first-order valence-corrected chi connectivity index (χ1v) is 28.3. The van der Waals surface area contributed by atoms with E-state index >= 15 is 0 Å². The van der Waals surface area contributed by atoms with Crippen LogP contribution in [0.1, 0.15) is 0 Å². The Labute approximate surface area is 248 Å². The fourth-order valence-corrected chi connectivity index (χ4v) is 18.9. The molecular weight excluding hydrogens is 883 g/mol. The molecule has 0 aromatic carbocycles. The Hall–Kier alpha value is 0.998. The largest absolute Gasteiger partial charge is 0.452 e. The summed E-state index contributed by atoms with van der Waals surface area (Å²) in [6, 6.07) is 0. The molecule has 0 spiro atoms. The van der Waals surface area contributed by atoms with Crippen LogP contribution in [-0.2, 0) is 54.5 Å². The van der Waals surface area contributed by atoms with E-state index in [4.69, 9.17) is 12.3 Å². The zero-order chi connectivity index (χ0) is 26.4. The van der Waals surface area contributed by atoms with Gasteiger partial charge in [0.1, 0.15) is 0 Å². The second-order valence-electron chi connectivity index (χ2n) is 10.3. The van der Waals surface area contributed by atoms with Crippen LogP contribution in [0.4, 0.5) is 0 Å². The summed E-state index contributed by atoms with van der Waals surface area (Å²) in [5.74, 6) is 0. The number of rotatable bonds is 12. The molecule has 0 N–H and O–H groups in total. The predicted molar refractivity (Wildman–Crippen MR) is 165 cm³/mol. The first-order valence-electron chi connectivity index (χ1n) is 11.1. The van der Waals surface area contributed by atoms with Crippen molar-refractivity contribution >= 4 is 50.6 Å². The van der Waals surface area contributed by atoms with Gasteiger partial charge in [-0.15, -0.1) is 39.5 Å². The van der Waals surface area contributed by atoms with E-state index < -0.39 is 50.6 Å². The fraction of sp³-hybridized carbons (Fsp3) is 0.478. The van der Waals surface area contributed by atoms with Crippen molar-refractivity contribution in [2.24, 2.45) is 0 Å². The van der Waals surface area contributed by atoms with E-state index in [0.717, 1.165) is 0 Å². The maximum Gasteiger partial charge on any atom is 0.198 e. The van der Waals surface area contributed by atoms with Crippen molar-refractivity contribution in [1.82, 2.24) is 0 Å². The molecule has 0 saturated carbocycles. The maximum atomic E-state index is 5.97. The minimum absolute atomic E-state index is 0. The van der Waals surface area contributed by atoms with Gasteiger partial charge in [0.05, 0.1) is 0 Å². The summed E-state index contributed by atoms with van der Waals surface area (Å²) in [4.78, 5) is 0. The Morgan fingerprint density at radius 3 is 0.824 bits per heavy atom. The third kappa shape index (κ3) is 27.6. The van der Waals surface area contributed by atoms with Crippen LogP contribution in [0.15, 0.2) is 73.7 Å². The smallest absolute Gasteiger partial charge is 0.198 e. The quantitative estimate of drug-likeness (QED) is 0.188. The minimum atomic E-state index is -1.58. The van der Waals surface area contributed by atoms with E-state index in [-0.39, 0.29) is 42.1 Å².